The molecule has 0 aliphatic heterocycles. The Labute approximate surface area is 116 Å². The minimum absolute atomic E-state index is 0.00487. The fourth-order valence-corrected chi connectivity index (χ4v) is 1.86. The number of aliphatic hydroxyl groups excluding tert-OH is 1. The average molecular weight is 317 g/mol. The number of rotatable bonds is 4. The topological polar surface area (TPSA) is 55.5 Å². The number of nitrogens with two attached hydrogens (primary N) is 1. The minimum Gasteiger partial charge on any atom is -0.496 e. The van der Waals surface area contributed by atoms with Gasteiger partial charge in [-0.05, 0) is 18.6 Å². The van der Waals surface area contributed by atoms with E-state index in [1.165, 1.54) is 0 Å². The van der Waals surface area contributed by atoms with Gasteiger partial charge in [0.1, 0.15) is 5.75 Å². The number of hydrogen-bond acceptors (Lipinski definition) is 3. The van der Waals surface area contributed by atoms with Crippen LogP contribution >= 0.6 is 0 Å². The highest BCUT2D eigenvalue weighted by molar-refractivity contribution is 5.48. The Morgan fingerprint density at radius 1 is 1.14 bits per heavy atom. The average Bonchev–Trinajstić information content (AvgIpc) is 2.35. The Morgan fingerprint density at radius 3 is 2.10 bits per heavy atom. The standard InChI is InChI=1S/C12H13F6NO2/c1-21-9-5-6(11(13,14)15)4-7(12(16,17)18)10(9)8(19)2-3-20/h4-5,8,20H,2-3,19H2,1H3/t8-/m0/s1. The molecule has 0 unspecified atom stereocenters. The Morgan fingerprint density at radius 2 is 1.71 bits per heavy atom. The first-order chi connectivity index (χ1) is 9.52. The summed E-state index contributed by atoms with van der Waals surface area (Å²) in [5, 5.41) is 8.76. The number of halogens is 6. The quantitative estimate of drug-likeness (QED) is 0.839. The lowest BCUT2D eigenvalue weighted by atomic mass is 9.94. The van der Waals surface area contributed by atoms with Gasteiger partial charge in [-0.1, -0.05) is 0 Å². The van der Waals surface area contributed by atoms with E-state index in [-0.39, 0.29) is 12.5 Å². The molecule has 0 aliphatic rings. The molecule has 0 fully saturated rings. The van der Waals surface area contributed by atoms with Gasteiger partial charge in [-0.3, -0.25) is 0 Å². The molecule has 1 aromatic rings. The van der Waals surface area contributed by atoms with Crippen molar-refractivity contribution in [2.24, 2.45) is 5.73 Å². The van der Waals surface area contributed by atoms with Crippen LogP contribution < -0.4 is 10.5 Å². The first-order valence-electron chi connectivity index (χ1n) is 5.75. The Bertz CT molecular complexity index is 498. The highest BCUT2D eigenvalue weighted by Crippen LogP contribution is 2.43. The van der Waals surface area contributed by atoms with E-state index in [2.05, 4.69) is 4.74 Å². The van der Waals surface area contributed by atoms with Crippen LogP contribution in [0, 0.1) is 0 Å². The highest BCUT2D eigenvalue weighted by Gasteiger charge is 2.40. The fraction of sp³-hybridized carbons (Fsp3) is 0.500. The van der Waals surface area contributed by atoms with Crippen LogP contribution in [0.1, 0.15) is 29.2 Å². The number of methoxy groups -OCH3 is 1. The maximum absolute atomic E-state index is 13.0. The van der Waals surface area contributed by atoms with Crippen molar-refractivity contribution < 1.29 is 36.2 Å². The van der Waals surface area contributed by atoms with E-state index in [4.69, 9.17) is 10.8 Å². The predicted molar refractivity (Wildman–Crippen MR) is 61.6 cm³/mol. The summed E-state index contributed by atoms with van der Waals surface area (Å²) >= 11 is 0. The Kier molecular flexibility index (Phi) is 5.11. The van der Waals surface area contributed by atoms with E-state index >= 15 is 0 Å². The molecule has 1 rings (SSSR count). The number of hydrogen-bond donors (Lipinski definition) is 2. The van der Waals surface area contributed by atoms with Crippen molar-refractivity contribution in [1.29, 1.82) is 0 Å². The van der Waals surface area contributed by atoms with Crippen LogP contribution in [-0.4, -0.2) is 18.8 Å². The molecule has 3 nitrogen and oxygen atoms in total. The third kappa shape index (κ3) is 4.01. The lowest BCUT2D eigenvalue weighted by Crippen LogP contribution is -2.21. The minimum atomic E-state index is -5.03. The maximum Gasteiger partial charge on any atom is 0.416 e. The molecule has 0 saturated heterocycles. The first-order valence-corrected chi connectivity index (χ1v) is 5.75. The third-order valence-electron chi connectivity index (χ3n) is 2.81. The number of benzene rings is 1. The van der Waals surface area contributed by atoms with Gasteiger partial charge in [0.2, 0.25) is 0 Å². The van der Waals surface area contributed by atoms with Crippen LogP contribution in [0.2, 0.25) is 0 Å². The summed E-state index contributed by atoms with van der Waals surface area (Å²) < 4.78 is 81.6. The van der Waals surface area contributed by atoms with Gasteiger partial charge in [0.25, 0.3) is 0 Å². The largest absolute Gasteiger partial charge is 0.496 e. The fourth-order valence-electron chi connectivity index (χ4n) is 1.86. The molecule has 0 radical (unpaired) electrons. The number of alkyl halides is 6. The molecule has 0 bridgehead atoms. The molecule has 9 heteroatoms. The van der Waals surface area contributed by atoms with Crippen molar-refractivity contribution in [3.05, 3.63) is 28.8 Å². The zero-order chi connectivity index (χ0) is 16.4. The molecule has 1 atom stereocenters. The van der Waals surface area contributed by atoms with Crippen LogP contribution in [0.3, 0.4) is 0 Å². The molecule has 0 spiro atoms. The van der Waals surface area contributed by atoms with E-state index in [0.29, 0.717) is 6.07 Å². The molecular weight excluding hydrogens is 304 g/mol. The number of ether oxygens (including phenoxy) is 1. The van der Waals surface area contributed by atoms with Crippen molar-refractivity contribution in [3.63, 3.8) is 0 Å². The van der Waals surface area contributed by atoms with Crippen molar-refractivity contribution in [1.82, 2.24) is 0 Å². The van der Waals surface area contributed by atoms with Crippen molar-refractivity contribution in [2.75, 3.05) is 13.7 Å². The highest BCUT2D eigenvalue weighted by atomic mass is 19.4. The molecule has 0 aliphatic carbocycles. The zero-order valence-corrected chi connectivity index (χ0v) is 10.8. The van der Waals surface area contributed by atoms with Gasteiger partial charge in [0, 0.05) is 18.2 Å². The monoisotopic (exact) mass is 317 g/mol. The van der Waals surface area contributed by atoms with Gasteiger partial charge >= 0.3 is 12.4 Å². The van der Waals surface area contributed by atoms with E-state index < -0.39 is 47.4 Å². The smallest absolute Gasteiger partial charge is 0.416 e. The van der Waals surface area contributed by atoms with Gasteiger partial charge < -0.3 is 15.6 Å². The summed E-state index contributed by atoms with van der Waals surface area (Å²) in [4.78, 5) is 0. The molecule has 1 aromatic carbocycles. The molecule has 0 amide bonds. The van der Waals surface area contributed by atoms with Crippen molar-refractivity contribution >= 4 is 0 Å². The molecule has 3 N–H and O–H groups in total. The molecule has 0 saturated carbocycles. The van der Waals surface area contributed by atoms with Gasteiger partial charge in [0.05, 0.1) is 18.2 Å². The van der Waals surface area contributed by atoms with Crippen LogP contribution in [0.4, 0.5) is 26.3 Å². The number of aliphatic hydroxyl groups is 1. The second kappa shape index (κ2) is 6.10. The molecule has 0 aromatic heterocycles. The van der Waals surface area contributed by atoms with Crippen molar-refractivity contribution in [3.8, 4) is 5.75 Å². The van der Waals surface area contributed by atoms with Gasteiger partial charge in [-0.25, -0.2) is 0 Å². The summed E-state index contributed by atoms with van der Waals surface area (Å²) in [5.74, 6) is -0.613. The second-order valence-electron chi connectivity index (χ2n) is 4.25. The zero-order valence-electron chi connectivity index (χ0n) is 10.8. The lowest BCUT2D eigenvalue weighted by molar-refractivity contribution is -0.143. The van der Waals surface area contributed by atoms with Gasteiger partial charge in [-0.2, -0.15) is 26.3 Å². The van der Waals surface area contributed by atoms with Crippen LogP contribution in [0.5, 0.6) is 5.75 Å². The first kappa shape index (κ1) is 17.6. The van der Waals surface area contributed by atoms with Crippen molar-refractivity contribution in [2.45, 2.75) is 24.8 Å². The summed E-state index contributed by atoms with van der Waals surface area (Å²) in [5.41, 5.74) is 1.91. The molecule has 120 valence electrons. The Hall–Kier alpha value is -1.48. The predicted octanol–water partition coefficient (Wildman–Crippen LogP) is 3.12. The van der Waals surface area contributed by atoms with Crippen LogP contribution in [0.25, 0.3) is 0 Å². The van der Waals surface area contributed by atoms with Crippen LogP contribution in [-0.2, 0) is 12.4 Å². The SMILES string of the molecule is COc1cc(C(F)(F)F)cc(C(F)(F)F)c1[C@@H](N)CCO. The van der Waals surface area contributed by atoms with Crippen LogP contribution in [0.15, 0.2) is 12.1 Å². The van der Waals surface area contributed by atoms with Gasteiger partial charge in [0.15, 0.2) is 0 Å². The summed E-state index contributed by atoms with van der Waals surface area (Å²) in [7, 11) is 0.949. The molecule has 21 heavy (non-hydrogen) atoms. The maximum atomic E-state index is 13.0. The molecular formula is C12H13F6NO2. The summed E-state index contributed by atoms with van der Waals surface area (Å²) in [6.07, 6.45) is -10.2. The lowest BCUT2D eigenvalue weighted by Gasteiger charge is -2.22. The van der Waals surface area contributed by atoms with E-state index in [1.54, 1.807) is 0 Å². The Balaban J connectivity index is 3.60. The summed E-state index contributed by atoms with van der Waals surface area (Å²) in [6.45, 7) is -0.511. The van der Waals surface area contributed by atoms with E-state index in [1.807, 2.05) is 0 Å². The van der Waals surface area contributed by atoms with Gasteiger partial charge in [-0.15, -0.1) is 0 Å². The second-order valence-corrected chi connectivity index (χ2v) is 4.25. The van der Waals surface area contributed by atoms with E-state index in [0.717, 1.165) is 7.11 Å². The normalized spacial score (nSPS) is 14.1. The summed E-state index contributed by atoms with van der Waals surface area (Å²) in [6, 6.07) is -0.847. The molecule has 0 heterocycles. The van der Waals surface area contributed by atoms with E-state index in [9.17, 15) is 26.3 Å². The third-order valence-corrected chi connectivity index (χ3v) is 2.81.